The molecule has 0 aliphatic carbocycles. The third kappa shape index (κ3) is 2.55. The Morgan fingerprint density at radius 2 is 1.86 bits per heavy atom. The molecule has 0 saturated heterocycles. The lowest BCUT2D eigenvalue weighted by atomic mass is 10.0. The fraction of sp³-hybridized carbons (Fsp3) is 0.167. The van der Waals surface area contributed by atoms with E-state index in [0.29, 0.717) is 0 Å². The lowest BCUT2D eigenvalue weighted by Crippen LogP contribution is -2.08. The van der Waals surface area contributed by atoms with Gasteiger partial charge in [-0.25, -0.2) is 0 Å². The molecular formula is C18H19N3. The highest BCUT2D eigenvalue weighted by molar-refractivity contribution is 6.00. The van der Waals surface area contributed by atoms with E-state index in [0.717, 1.165) is 22.1 Å². The number of nitrogen functional groups attached to an aromatic ring is 1. The van der Waals surface area contributed by atoms with Gasteiger partial charge in [-0.3, -0.25) is 4.98 Å². The smallest absolute Gasteiger partial charge is 0.0488 e. The Bertz CT molecular complexity index is 780. The van der Waals surface area contributed by atoms with Gasteiger partial charge in [-0.05, 0) is 43.2 Å². The zero-order valence-corrected chi connectivity index (χ0v) is 12.3. The average molecular weight is 277 g/mol. The summed E-state index contributed by atoms with van der Waals surface area (Å²) in [5.74, 6) is 0. The average Bonchev–Trinajstić information content (AvgIpc) is 2.51. The van der Waals surface area contributed by atoms with Crippen LogP contribution in [0.1, 0.15) is 24.1 Å². The molecule has 3 aromatic rings. The minimum Gasteiger partial charge on any atom is -0.398 e. The maximum atomic E-state index is 6.02. The minimum absolute atomic E-state index is 0.228. The molecule has 1 aromatic heterocycles. The summed E-state index contributed by atoms with van der Waals surface area (Å²) in [6.07, 6.45) is 3.61. The zero-order valence-electron chi connectivity index (χ0n) is 12.3. The first-order valence-electron chi connectivity index (χ1n) is 7.11. The SMILES string of the molecule is Cc1ccccc1C(C)Nc1ccc(N)c2cnccc12. The summed E-state index contributed by atoms with van der Waals surface area (Å²) >= 11 is 0. The molecule has 1 unspecified atom stereocenters. The fourth-order valence-electron chi connectivity index (χ4n) is 2.72. The van der Waals surface area contributed by atoms with Gasteiger partial charge < -0.3 is 11.1 Å². The van der Waals surface area contributed by atoms with Gasteiger partial charge in [0.2, 0.25) is 0 Å². The standard InChI is InChI=1S/C18H19N3/c1-12-5-3-4-6-14(12)13(2)21-18-8-7-17(19)16-11-20-10-9-15(16)18/h3-11,13,21H,19H2,1-2H3. The second kappa shape index (κ2) is 5.44. The van der Waals surface area contributed by atoms with Crippen molar-refractivity contribution in [2.75, 3.05) is 11.1 Å². The van der Waals surface area contributed by atoms with Gasteiger partial charge in [-0.15, -0.1) is 0 Å². The third-order valence-corrected chi connectivity index (χ3v) is 3.88. The molecule has 0 spiro atoms. The predicted molar refractivity (Wildman–Crippen MR) is 89.4 cm³/mol. The fourth-order valence-corrected chi connectivity index (χ4v) is 2.72. The molecule has 0 radical (unpaired) electrons. The molecule has 0 aliphatic rings. The number of rotatable bonds is 3. The van der Waals surface area contributed by atoms with E-state index in [4.69, 9.17) is 5.73 Å². The van der Waals surface area contributed by atoms with Crippen LogP contribution in [0.25, 0.3) is 10.8 Å². The van der Waals surface area contributed by atoms with E-state index < -0.39 is 0 Å². The van der Waals surface area contributed by atoms with E-state index in [2.05, 4.69) is 48.4 Å². The van der Waals surface area contributed by atoms with Gasteiger partial charge in [0.25, 0.3) is 0 Å². The van der Waals surface area contributed by atoms with Gasteiger partial charge >= 0.3 is 0 Å². The van der Waals surface area contributed by atoms with Crippen LogP contribution in [-0.4, -0.2) is 4.98 Å². The van der Waals surface area contributed by atoms with E-state index in [9.17, 15) is 0 Å². The summed E-state index contributed by atoms with van der Waals surface area (Å²) in [6.45, 7) is 4.31. The molecule has 0 fully saturated rings. The molecule has 1 heterocycles. The van der Waals surface area contributed by atoms with Gasteiger partial charge in [-0.1, -0.05) is 24.3 Å². The van der Waals surface area contributed by atoms with Crippen LogP contribution in [0, 0.1) is 6.92 Å². The van der Waals surface area contributed by atoms with Gasteiger partial charge in [0.1, 0.15) is 0 Å². The molecule has 0 amide bonds. The molecule has 0 saturated carbocycles. The number of aromatic nitrogens is 1. The van der Waals surface area contributed by atoms with E-state index >= 15 is 0 Å². The number of fused-ring (bicyclic) bond motifs is 1. The second-order valence-electron chi connectivity index (χ2n) is 5.35. The van der Waals surface area contributed by atoms with Crippen molar-refractivity contribution >= 4 is 22.1 Å². The van der Waals surface area contributed by atoms with E-state index in [1.165, 1.54) is 11.1 Å². The van der Waals surface area contributed by atoms with Crippen molar-refractivity contribution < 1.29 is 0 Å². The van der Waals surface area contributed by atoms with Crippen molar-refractivity contribution in [1.82, 2.24) is 4.98 Å². The quantitative estimate of drug-likeness (QED) is 0.702. The molecule has 21 heavy (non-hydrogen) atoms. The summed E-state index contributed by atoms with van der Waals surface area (Å²) in [5, 5.41) is 5.67. The topological polar surface area (TPSA) is 50.9 Å². The number of nitrogens with two attached hydrogens (primary N) is 1. The minimum atomic E-state index is 0.228. The lowest BCUT2D eigenvalue weighted by molar-refractivity contribution is 0.876. The van der Waals surface area contributed by atoms with Gasteiger partial charge in [-0.2, -0.15) is 0 Å². The summed E-state index contributed by atoms with van der Waals surface area (Å²) in [6, 6.07) is 14.6. The molecule has 0 bridgehead atoms. The van der Waals surface area contributed by atoms with Gasteiger partial charge in [0.15, 0.2) is 0 Å². The molecular weight excluding hydrogens is 258 g/mol. The number of hydrogen-bond acceptors (Lipinski definition) is 3. The maximum Gasteiger partial charge on any atom is 0.0488 e. The number of benzene rings is 2. The third-order valence-electron chi connectivity index (χ3n) is 3.88. The summed E-state index contributed by atoms with van der Waals surface area (Å²) in [4.78, 5) is 4.16. The number of nitrogens with one attached hydrogen (secondary N) is 1. The first-order chi connectivity index (χ1) is 10.2. The lowest BCUT2D eigenvalue weighted by Gasteiger charge is -2.19. The molecule has 106 valence electrons. The Hall–Kier alpha value is -2.55. The highest BCUT2D eigenvalue weighted by Crippen LogP contribution is 2.30. The van der Waals surface area contributed by atoms with Crippen molar-refractivity contribution in [2.45, 2.75) is 19.9 Å². The first kappa shape index (κ1) is 13.4. The van der Waals surface area contributed by atoms with Crippen molar-refractivity contribution in [3.05, 3.63) is 66.0 Å². The normalized spacial score (nSPS) is 12.3. The van der Waals surface area contributed by atoms with Gasteiger partial charge in [0.05, 0.1) is 0 Å². The molecule has 2 aromatic carbocycles. The number of aryl methyl sites for hydroxylation is 1. The summed E-state index contributed by atoms with van der Waals surface area (Å²) in [7, 11) is 0. The number of nitrogens with zero attached hydrogens (tertiary/aromatic N) is 1. The van der Waals surface area contributed by atoms with Crippen LogP contribution in [0.4, 0.5) is 11.4 Å². The van der Waals surface area contributed by atoms with E-state index in [1.807, 2.05) is 24.4 Å². The molecule has 3 heteroatoms. The van der Waals surface area contributed by atoms with Crippen molar-refractivity contribution in [2.24, 2.45) is 0 Å². The Balaban J connectivity index is 1.99. The molecule has 0 aliphatic heterocycles. The van der Waals surface area contributed by atoms with Crippen LogP contribution in [0.5, 0.6) is 0 Å². The van der Waals surface area contributed by atoms with Crippen molar-refractivity contribution in [1.29, 1.82) is 0 Å². The summed E-state index contributed by atoms with van der Waals surface area (Å²) in [5.41, 5.74) is 10.5. The Morgan fingerprint density at radius 1 is 1.05 bits per heavy atom. The maximum absolute atomic E-state index is 6.02. The Kier molecular flexibility index (Phi) is 3.48. The number of hydrogen-bond donors (Lipinski definition) is 2. The summed E-state index contributed by atoms with van der Waals surface area (Å²) < 4.78 is 0. The number of anilines is 2. The van der Waals surface area contributed by atoms with Crippen LogP contribution < -0.4 is 11.1 Å². The van der Waals surface area contributed by atoms with E-state index in [-0.39, 0.29) is 6.04 Å². The zero-order chi connectivity index (χ0) is 14.8. The van der Waals surface area contributed by atoms with Crippen LogP contribution >= 0.6 is 0 Å². The highest BCUT2D eigenvalue weighted by Gasteiger charge is 2.10. The molecule has 3 rings (SSSR count). The molecule has 3 N–H and O–H groups in total. The van der Waals surface area contributed by atoms with Crippen LogP contribution in [-0.2, 0) is 0 Å². The predicted octanol–water partition coefficient (Wildman–Crippen LogP) is 4.30. The van der Waals surface area contributed by atoms with Crippen LogP contribution in [0.2, 0.25) is 0 Å². The van der Waals surface area contributed by atoms with Crippen LogP contribution in [0.3, 0.4) is 0 Å². The highest BCUT2D eigenvalue weighted by atomic mass is 14.9. The first-order valence-corrected chi connectivity index (χ1v) is 7.11. The molecule has 1 atom stereocenters. The van der Waals surface area contributed by atoms with Crippen LogP contribution in [0.15, 0.2) is 54.9 Å². The Labute approximate surface area is 124 Å². The monoisotopic (exact) mass is 277 g/mol. The largest absolute Gasteiger partial charge is 0.398 e. The van der Waals surface area contributed by atoms with Crippen molar-refractivity contribution in [3.8, 4) is 0 Å². The molecule has 3 nitrogen and oxygen atoms in total. The number of pyridine rings is 1. The van der Waals surface area contributed by atoms with Crippen molar-refractivity contribution in [3.63, 3.8) is 0 Å². The van der Waals surface area contributed by atoms with E-state index in [1.54, 1.807) is 6.20 Å². The second-order valence-corrected chi connectivity index (χ2v) is 5.35. The van der Waals surface area contributed by atoms with Gasteiger partial charge in [0, 0.05) is 40.6 Å². The Morgan fingerprint density at radius 3 is 2.67 bits per heavy atom.